The van der Waals surface area contributed by atoms with Gasteiger partial charge in [0.05, 0.1) is 0 Å². The summed E-state index contributed by atoms with van der Waals surface area (Å²) >= 11 is 3.48. The van der Waals surface area contributed by atoms with E-state index in [-0.39, 0.29) is 11.3 Å². The van der Waals surface area contributed by atoms with Crippen molar-refractivity contribution in [1.29, 1.82) is 0 Å². The zero-order valence-electron chi connectivity index (χ0n) is 12.4. The van der Waals surface area contributed by atoms with Gasteiger partial charge < -0.3 is 5.32 Å². The number of nitrogens with one attached hydrogen (secondary N) is 1. The number of amides is 1. The second kappa shape index (κ2) is 6.75. The van der Waals surface area contributed by atoms with Crippen LogP contribution in [0.4, 0.5) is 5.69 Å². The monoisotopic (exact) mass is 337 g/mol. The summed E-state index contributed by atoms with van der Waals surface area (Å²) in [6.45, 7) is 4.42. The standard InChI is InChI=1S/C17H24BrNO/c1-13(2)11-17(9-5-6-10-17)16(20)19-15-8-4-3-7-14(15)12-18/h3-4,7-8,13H,5-6,9-12H2,1-2H3,(H,19,20). The maximum atomic E-state index is 12.8. The van der Waals surface area contributed by atoms with Crippen molar-refractivity contribution in [2.24, 2.45) is 11.3 Å². The molecule has 1 saturated carbocycles. The first kappa shape index (κ1) is 15.6. The highest BCUT2D eigenvalue weighted by Crippen LogP contribution is 2.44. The molecule has 1 aliphatic rings. The first-order valence-electron chi connectivity index (χ1n) is 7.53. The molecule has 0 aromatic heterocycles. The van der Waals surface area contributed by atoms with Gasteiger partial charge in [-0.1, -0.05) is 60.8 Å². The van der Waals surface area contributed by atoms with Gasteiger partial charge in [0, 0.05) is 16.4 Å². The smallest absolute Gasteiger partial charge is 0.230 e. The maximum Gasteiger partial charge on any atom is 0.230 e. The molecular formula is C17H24BrNO. The molecule has 1 aromatic rings. The van der Waals surface area contributed by atoms with Crippen LogP contribution in [0.3, 0.4) is 0 Å². The predicted molar refractivity (Wildman–Crippen MR) is 88.1 cm³/mol. The topological polar surface area (TPSA) is 29.1 Å². The number of anilines is 1. The van der Waals surface area contributed by atoms with Crippen molar-refractivity contribution in [2.45, 2.75) is 51.3 Å². The third-order valence-corrected chi connectivity index (χ3v) is 4.85. The largest absolute Gasteiger partial charge is 0.325 e. The molecule has 2 rings (SSSR count). The highest BCUT2D eigenvalue weighted by molar-refractivity contribution is 9.08. The van der Waals surface area contributed by atoms with Crippen LogP contribution in [0.2, 0.25) is 0 Å². The van der Waals surface area contributed by atoms with Crippen LogP contribution in [-0.4, -0.2) is 5.91 Å². The van der Waals surface area contributed by atoms with Gasteiger partial charge in [-0.25, -0.2) is 0 Å². The van der Waals surface area contributed by atoms with Gasteiger partial charge in [0.15, 0.2) is 0 Å². The van der Waals surface area contributed by atoms with Crippen molar-refractivity contribution in [3.05, 3.63) is 29.8 Å². The zero-order valence-corrected chi connectivity index (χ0v) is 14.0. The molecule has 1 aromatic carbocycles. The van der Waals surface area contributed by atoms with Crippen molar-refractivity contribution in [3.8, 4) is 0 Å². The number of carbonyl (C=O) groups is 1. The van der Waals surface area contributed by atoms with Gasteiger partial charge in [0.2, 0.25) is 5.91 Å². The molecule has 0 radical (unpaired) electrons. The fourth-order valence-corrected chi connectivity index (χ4v) is 3.86. The molecule has 20 heavy (non-hydrogen) atoms. The minimum atomic E-state index is -0.145. The first-order chi connectivity index (χ1) is 9.57. The van der Waals surface area contributed by atoms with Crippen molar-refractivity contribution in [1.82, 2.24) is 0 Å². The van der Waals surface area contributed by atoms with E-state index >= 15 is 0 Å². The molecule has 0 bridgehead atoms. The molecule has 0 unspecified atom stereocenters. The number of benzene rings is 1. The van der Waals surface area contributed by atoms with E-state index in [1.54, 1.807) is 0 Å². The van der Waals surface area contributed by atoms with Crippen molar-refractivity contribution in [3.63, 3.8) is 0 Å². The predicted octanol–water partition coefficient (Wildman–Crippen LogP) is 5.13. The maximum absolute atomic E-state index is 12.8. The van der Waals surface area contributed by atoms with Crippen LogP contribution in [0.5, 0.6) is 0 Å². The molecule has 1 N–H and O–H groups in total. The average Bonchev–Trinajstić information content (AvgIpc) is 2.88. The molecule has 2 nitrogen and oxygen atoms in total. The number of carbonyl (C=O) groups excluding carboxylic acids is 1. The molecule has 110 valence electrons. The number of hydrogen-bond acceptors (Lipinski definition) is 1. The SMILES string of the molecule is CC(C)CC1(C(=O)Nc2ccccc2CBr)CCCC1. The molecule has 0 heterocycles. The van der Waals surface area contributed by atoms with E-state index in [1.807, 2.05) is 24.3 Å². The Morgan fingerprint density at radius 1 is 1.30 bits per heavy atom. The Morgan fingerprint density at radius 2 is 1.95 bits per heavy atom. The van der Waals surface area contributed by atoms with Gasteiger partial charge in [-0.3, -0.25) is 4.79 Å². The van der Waals surface area contributed by atoms with Gasteiger partial charge in [-0.05, 0) is 36.8 Å². The molecule has 0 aliphatic heterocycles. The van der Waals surface area contributed by atoms with Crippen LogP contribution in [-0.2, 0) is 10.1 Å². The Labute approximate surface area is 130 Å². The molecule has 1 aliphatic carbocycles. The molecule has 3 heteroatoms. The summed E-state index contributed by atoms with van der Waals surface area (Å²) in [5.41, 5.74) is 1.94. The lowest BCUT2D eigenvalue weighted by atomic mass is 9.77. The minimum Gasteiger partial charge on any atom is -0.325 e. The summed E-state index contributed by atoms with van der Waals surface area (Å²) in [6.07, 6.45) is 5.43. The van der Waals surface area contributed by atoms with Crippen molar-refractivity contribution >= 4 is 27.5 Å². The quantitative estimate of drug-likeness (QED) is 0.741. The van der Waals surface area contributed by atoms with E-state index in [2.05, 4.69) is 35.1 Å². The van der Waals surface area contributed by atoms with Crippen LogP contribution >= 0.6 is 15.9 Å². The Morgan fingerprint density at radius 3 is 2.55 bits per heavy atom. The molecule has 1 fully saturated rings. The summed E-state index contributed by atoms with van der Waals surface area (Å²) in [5, 5.41) is 3.95. The number of para-hydroxylation sites is 1. The van der Waals surface area contributed by atoms with Gasteiger partial charge in [0.1, 0.15) is 0 Å². The van der Waals surface area contributed by atoms with E-state index in [9.17, 15) is 4.79 Å². The van der Waals surface area contributed by atoms with E-state index in [0.717, 1.165) is 35.8 Å². The molecule has 0 spiro atoms. The summed E-state index contributed by atoms with van der Waals surface area (Å²) in [6, 6.07) is 8.03. The number of alkyl halides is 1. The minimum absolute atomic E-state index is 0.145. The Hall–Kier alpha value is -0.830. The summed E-state index contributed by atoms with van der Waals surface area (Å²) in [4.78, 5) is 12.8. The Kier molecular flexibility index (Phi) is 5.25. The number of rotatable bonds is 5. The highest BCUT2D eigenvalue weighted by atomic mass is 79.9. The summed E-state index contributed by atoms with van der Waals surface area (Å²) in [5.74, 6) is 0.780. The number of hydrogen-bond donors (Lipinski definition) is 1. The lowest BCUT2D eigenvalue weighted by Crippen LogP contribution is -2.35. The fourth-order valence-electron chi connectivity index (χ4n) is 3.37. The van der Waals surface area contributed by atoms with Crippen LogP contribution in [0, 0.1) is 11.3 Å². The van der Waals surface area contributed by atoms with Crippen molar-refractivity contribution < 1.29 is 4.79 Å². The summed E-state index contributed by atoms with van der Waals surface area (Å²) in [7, 11) is 0. The molecular weight excluding hydrogens is 314 g/mol. The molecule has 0 saturated heterocycles. The van der Waals surface area contributed by atoms with E-state index in [1.165, 1.54) is 12.8 Å². The van der Waals surface area contributed by atoms with E-state index in [0.29, 0.717) is 5.92 Å². The second-order valence-electron chi connectivity index (χ2n) is 6.33. The fraction of sp³-hybridized carbons (Fsp3) is 0.588. The Bertz CT molecular complexity index is 464. The summed E-state index contributed by atoms with van der Waals surface area (Å²) < 4.78 is 0. The van der Waals surface area contributed by atoms with Crippen LogP contribution in [0.15, 0.2) is 24.3 Å². The van der Waals surface area contributed by atoms with Crippen LogP contribution in [0.25, 0.3) is 0 Å². The number of halogens is 1. The van der Waals surface area contributed by atoms with Gasteiger partial charge in [-0.2, -0.15) is 0 Å². The lowest BCUT2D eigenvalue weighted by molar-refractivity contribution is -0.126. The average molecular weight is 338 g/mol. The molecule has 0 atom stereocenters. The van der Waals surface area contributed by atoms with Crippen LogP contribution in [0.1, 0.15) is 51.5 Å². The van der Waals surface area contributed by atoms with Crippen LogP contribution < -0.4 is 5.32 Å². The first-order valence-corrected chi connectivity index (χ1v) is 8.65. The normalized spacial score (nSPS) is 17.4. The highest BCUT2D eigenvalue weighted by Gasteiger charge is 2.41. The van der Waals surface area contributed by atoms with Gasteiger partial charge in [0.25, 0.3) is 0 Å². The second-order valence-corrected chi connectivity index (χ2v) is 6.89. The van der Waals surface area contributed by atoms with Gasteiger partial charge in [-0.15, -0.1) is 0 Å². The zero-order chi connectivity index (χ0) is 14.6. The van der Waals surface area contributed by atoms with Crippen molar-refractivity contribution in [2.75, 3.05) is 5.32 Å². The third kappa shape index (κ3) is 3.43. The van der Waals surface area contributed by atoms with E-state index in [4.69, 9.17) is 0 Å². The van der Waals surface area contributed by atoms with Gasteiger partial charge >= 0.3 is 0 Å². The van der Waals surface area contributed by atoms with E-state index < -0.39 is 0 Å². The third-order valence-electron chi connectivity index (χ3n) is 4.25. The Balaban J connectivity index is 2.16. The lowest BCUT2D eigenvalue weighted by Gasteiger charge is -2.29. The molecule has 1 amide bonds.